The molecule has 1 heterocycles. The average molecular weight is 247 g/mol. The Morgan fingerprint density at radius 1 is 1.62 bits per heavy atom. The van der Waals surface area contributed by atoms with Crippen LogP contribution in [0.5, 0.6) is 0 Å². The van der Waals surface area contributed by atoms with Gasteiger partial charge in [0.2, 0.25) is 5.71 Å². The van der Waals surface area contributed by atoms with E-state index in [9.17, 15) is 13.2 Å². The van der Waals surface area contributed by atoms with Crippen LogP contribution >= 0.6 is 0 Å². The summed E-state index contributed by atoms with van der Waals surface area (Å²) in [5.74, 6) is -1.36. The number of H-pyrrole nitrogens is 1. The van der Waals surface area contributed by atoms with Crippen LogP contribution in [0, 0.1) is 0 Å². The van der Waals surface area contributed by atoms with E-state index in [0.717, 1.165) is 12.3 Å². The van der Waals surface area contributed by atoms with Crippen molar-refractivity contribution in [3.8, 4) is 0 Å². The molecule has 0 amide bonds. The summed E-state index contributed by atoms with van der Waals surface area (Å²) in [6.45, 7) is 0. The smallest absolute Gasteiger partial charge is 0.360 e. The quantitative estimate of drug-likeness (QED) is 0.533. The van der Waals surface area contributed by atoms with Gasteiger partial charge in [-0.25, -0.2) is 13.2 Å². The second-order valence-corrected chi connectivity index (χ2v) is 4.78. The van der Waals surface area contributed by atoms with E-state index < -0.39 is 21.5 Å². The molecule has 0 atom stereocenters. The standard InChI is InChI=1S/C7H9N3O5S/c1-15-10-6(7(11)12)4-3-5(9-8-4)16(2,13)14/h3H,1-2H3,(H,8,9)(H,11,12). The van der Waals surface area contributed by atoms with Crippen molar-refractivity contribution in [2.75, 3.05) is 13.4 Å². The van der Waals surface area contributed by atoms with Crippen molar-refractivity contribution in [1.29, 1.82) is 0 Å². The number of aromatic nitrogens is 2. The zero-order valence-corrected chi connectivity index (χ0v) is 9.28. The second kappa shape index (κ2) is 4.31. The first-order chi connectivity index (χ1) is 7.36. The van der Waals surface area contributed by atoms with Gasteiger partial charge in [-0.3, -0.25) is 5.10 Å². The maximum Gasteiger partial charge on any atom is 0.360 e. The summed E-state index contributed by atoms with van der Waals surface area (Å²) in [7, 11) is -2.31. The van der Waals surface area contributed by atoms with Crippen molar-refractivity contribution in [3.05, 3.63) is 11.8 Å². The van der Waals surface area contributed by atoms with E-state index in [1.54, 1.807) is 0 Å². The number of hydrogen-bond donors (Lipinski definition) is 2. The molecule has 0 aromatic carbocycles. The highest BCUT2D eigenvalue weighted by molar-refractivity contribution is 7.90. The first-order valence-corrected chi connectivity index (χ1v) is 5.85. The number of carboxylic acids is 1. The van der Waals surface area contributed by atoms with Crippen molar-refractivity contribution in [1.82, 2.24) is 10.2 Å². The first-order valence-electron chi connectivity index (χ1n) is 3.96. The molecular formula is C7H9N3O5S. The Kier molecular flexibility index (Phi) is 3.28. The molecule has 0 aliphatic heterocycles. The summed E-state index contributed by atoms with van der Waals surface area (Å²) in [6.07, 6.45) is 0.959. The van der Waals surface area contributed by atoms with Gasteiger partial charge in [-0.05, 0) is 0 Å². The lowest BCUT2D eigenvalue weighted by atomic mass is 10.3. The molecule has 0 spiro atoms. The maximum absolute atomic E-state index is 11.1. The van der Waals surface area contributed by atoms with Crippen LogP contribution in [0.3, 0.4) is 0 Å². The van der Waals surface area contributed by atoms with Crippen molar-refractivity contribution >= 4 is 21.5 Å². The molecule has 2 N–H and O–H groups in total. The molecule has 0 saturated carbocycles. The number of rotatable bonds is 4. The Hall–Kier alpha value is -1.90. The summed E-state index contributed by atoms with van der Waals surface area (Å²) in [5, 5.41) is 17.5. The van der Waals surface area contributed by atoms with Gasteiger partial charge >= 0.3 is 5.97 Å². The molecule has 1 rings (SSSR count). The number of oxime groups is 1. The van der Waals surface area contributed by atoms with E-state index in [4.69, 9.17) is 5.11 Å². The third kappa shape index (κ3) is 2.57. The van der Waals surface area contributed by atoms with Crippen LogP contribution in [0.1, 0.15) is 5.69 Å². The van der Waals surface area contributed by atoms with Crippen LogP contribution in [-0.4, -0.2) is 48.8 Å². The summed E-state index contributed by atoms with van der Waals surface area (Å²) in [4.78, 5) is 15.1. The van der Waals surface area contributed by atoms with Gasteiger partial charge in [-0.2, -0.15) is 5.10 Å². The van der Waals surface area contributed by atoms with Gasteiger partial charge < -0.3 is 9.94 Å². The van der Waals surface area contributed by atoms with Gasteiger partial charge in [0.15, 0.2) is 14.9 Å². The Labute approximate surface area is 90.8 Å². The van der Waals surface area contributed by atoms with Gasteiger partial charge in [0, 0.05) is 12.3 Å². The van der Waals surface area contributed by atoms with Gasteiger partial charge in [0.25, 0.3) is 0 Å². The van der Waals surface area contributed by atoms with Crippen molar-refractivity contribution in [3.63, 3.8) is 0 Å². The lowest BCUT2D eigenvalue weighted by molar-refractivity contribution is -0.129. The van der Waals surface area contributed by atoms with Crippen LogP contribution in [0.4, 0.5) is 0 Å². The van der Waals surface area contributed by atoms with Gasteiger partial charge in [-0.15, -0.1) is 0 Å². The highest BCUT2D eigenvalue weighted by Gasteiger charge is 2.19. The molecule has 0 unspecified atom stereocenters. The zero-order valence-electron chi connectivity index (χ0n) is 8.46. The molecule has 16 heavy (non-hydrogen) atoms. The van der Waals surface area contributed by atoms with Crippen LogP contribution < -0.4 is 0 Å². The predicted octanol–water partition coefficient (Wildman–Crippen LogP) is -0.752. The minimum absolute atomic E-state index is 0.0465. The summed E-state index contributed by atoms with van der Waals surface area (Å²) in [6, 6.07) is 1.07. The largest absolute Gasteiger partial charge is 0.476 e. The zero-order chi connectivity index (χ0) is 12.3. The fraction of sp³-hybridized carbons (Fsp3) is 0.286. The summed E-state index contributed by atoms with van der Waals surface area (Å²) >= 11 is 0. The van der Waals surface area contributed by atoms with Crippen LogP contribution in [0.15, 0.2) is 16.2 Å². The predicted molar refractivity (Wildman–Crippen MR) is 52.9 cm³/mol. The minimum Gasteiger partial charge on any atom is -0.476 e. The van der Waals surface area contributed by atoms with E-state index >= 15 is 0 Å². The lowest BCUT2D eigenvalue weighted by Crippen LogP contribution is -2.15. The first kappa shape index (κ1) is 12.2. The molecule has 0 aliphatic rings. The Morgan fingerprint density at radius 3 is 2.62 bits per heavy atom. The molecule has 0 radical (unpaired) electrons. The number of nitrogens with zero attached hydrogens (tertiary/aromatic N) is 2. The van der Waals surface area contributed by atoms with Gasteiger partial charge in [0.05, 0.1) is 5.69 Å². The summed E-state index contributed by atoms with van der Waals surface area (Å²) < 4.78 is 22.2. The highest BCUT2D eigenvalue weighted by Crippen LogP contribution is 2.08. The summed E-state index contributed by atoms with van der Waals surface area (Å²) in [5.41, 5.74) is -0.500. The number of hydrogen-bond acceptors (Lipinski definition) is 6. The van der Waals surface area contributed by atoms with Crippen molar-refractivity contribution < 1.29 is 23.2 Å². The molecule has 0 bridgehead atoms. The molecule has 1 aromatic rings. The van der Waals surface area contributed by atoms with Crippen molar-refractivity contribution in [2.24, 2.45) is 5.16 Å². The third-order valence-corrected chi connectivity index (χ3v) is 2.54. The van der Waals surface area contributed by atoms with E-state index in [1.165, 1.54) is 7.11 Å². The Morgan fingerprint density at radius 2 is 2.25 bits per heavy atom. The molecule has 8 nitrogen and oxygen atoms in total. The van der Waals surface area contributed by atoms with E-state index in [2.05, 4.69) is 20.2 Å². The lowest BCUT2D eigenvalue weighted by Gasteiger charge is -1.94. The monoisotopic (exact) mass is 247 g/mol. The molecule has 0 saturated heterocycles. The number of nitrogens with one attached hydrogen (secondary N) is 1. The number of carboxylic acid groups (broad SMARTS) is 1. The van der Waals surface area contributed by atoms with Crippen LogP contribution in [-0.2, 0) is 19.5 Å². The van der Waals surface area contributed by atoms with Crippen LogP contribution in [0.2, 0.25) is 0 Å². The fourth-order valence-corrected chi connectivity index (χ4v) is 1.45. The average Bonchev–Trinajstić information content (AvgIpc) is 2.61. The number of sulfone groups is 1. The maximum atomic E-state index is 11.1. The van der Waals surface area contributed by atoms with Crippen molar-refractivity contribution in [2.45, 2.75) is 5.03 Å². The van der Waals surface area contributed by atoms with E-state index in [0.29, 0.717) is 0 Å². The van der Waals surface area contributed by atoms with E-state index in [1.807, 2.05) is 0 Å². The molecule has 0 aliphatic carbocycles. The molecule has 9 heteroatoms. The molecular weight excluding hydrogens is 238 g/mol. The fourth-order valence-electron chi connectivity index (χ4n) is 0.909. The van der Waals surface area contributed by atoms with Gasteiger partial charge in [0.1, 0.15) is 7.11 Å². The molecule has 1 aromatic heterocycles. The van der Waals surface area contributed by atoms with Crippen LogP contribution in [0.25, 0.3) is 0 Å². The van der Waals surface area contributed by atoms with E-state index in [-0.39, 0.29) is 10.7 Å². The number of aromatic amines is 1. The second-order valence-electron chi connectivity index (χ2n) is 2.82. The minimum atomic E-state index is -3.49. The number of aliphatic carboxylic acids is 1. The highest BCUT2D eigenvalue weighted by atomic mass is 32.2. The SMILES string of the molecule is CON=C(C(=O)O)c1cc(S(C)(=O)=O)n[nH]1. The number of carbonyl (C=O) groups is 1. The topological polar surface area (TPSA) is 122 Å². The molecule has 88 valence electrons. The van der Waals surface area contributed by atoms with Gasteiger partial charge in [-0.1, -0.05) is 5.16 Å². The molecule has 0 fully saturated rings. The third-order valence-electron chi connectivity index (χ3n) is 1.57. The Bertz CT molecular complexity index is 530. The Balaban J connectivity index is 3.20. The normalized spacial score (nSPS) is 12.5.